The topological polar surface area (TPSA) is 12.9 Å². The summed E-state index contributed by atoms with van der Waals surface area (Å²) in [6, 6.07) is 5.72. The maximum absolute atomic E-state index is 3.78. The van der Waals surface area contributed by atoms with E-state index < -0.39 is 0 Å². The Balaban J connectivity index is 0.000000360. The summed E-state index contributed by atoms with van der Waals surface area (Å²) in [6.07, 6.45) is 3.50. The molecule has 1 nitrogen and oxygen atoms in total. The molecule has 0 amide bonds. The third-order valence-corrected chi connectivity index (χ3v) is 0.566. The summed E-state index contributed by atoms with van der Waals surface area (Å²) in [6.45, 7) is 0. The van der Waals surface area contributed by atoms with Gasteiger partial charge in [0, 0.05) is 19.8 Å². The summed E-state index contributed by atoms with van der Waals surface area (Å²) < 4.78 is 0. The van der Waals surface area contributed by atoms with Crippen LogP contribution in [0.5, 0.6) is 0 Å². The molecule has 1 aromatic heterocycles. The SMILES string of the molecule is [C].c1ccncc1. The van der Waals surface area contributed by atoms with Crippen LogP contribution < -0.4 is 0 Å². The molecule has 0 aliphatic carbocycles. The summed E-state index contributed by atoms with van der Waals surface area (Å²) in [5.74, 6) is 0. The van der Waals surface area contributed by atoms with Crippen LogP contribution in [0.15, 0.2) is 30.6 Å². The molecule has 4 radical (unpaired) electrons. The highest BCUT2D eigenvalue weighted by atomic mass is 14.6. The Morgan fingerprint density at radius 3 is 1.57 bits per heavy atom. The minimum Gasteiger partial charge on any atom is -0.265 e. The van der Waals surface area contributed by atoms with Crippen LogP contribution >= 0.6 is 0 Å². The van der Waals surface area contributed by atoms with Crippen LogP contribution in [0.4, 0.5) is 0 Å². The lowest BCUT2D eigenvalue weighted by Gasteiger charge is -1.70. The quantitative estimate of drug-likeness (QED) is 0.467. The van der Waals surface area contributed by atoms with Gasteiger partial charge in [0.15, 0.2) is 0 Å². The van der Waals surface area contributed by atoms with E-state index >= 15 is 0 Å². The first kappa shape index (κ1) is 6.15. The summed E-state index contributed by atoms with van der Waals surface area (Å²) in [7, 11) is 0. The molecule has 0 unspecified atom stereocenters. The van der Waals surface area contributed by atoms with E-state index in [0.29, 0.717) is 0 Å². The van der Waals surface area contributed by atoms with Gasteiger partial charge in [0.1, 0.15) is 0 Å². The van der Waals surface area contributed by atoms with E-state index in [2.05, 4.69) is 4.98 Å². The molecule has 1 rings (SSSR count). The molecule has 1 aromatic rings. The highest BCUT2D eigenvalue weighted by Gasteiger charge is 1.58. The van der Waals surface area contributed by atoms with Crippen LogP contribution in [0, 0.1) is 7.43 Å². The van der Waals surface area contributed by atoms with Crippen molar-refractivity contribution >= 4 is 0 Å². The van der Waals surface area contributed by atoms with Crippen molar-refractivity contribution in [3.63, 3.8) is 0 Å². The lowest BCUT2D eigenvalue weighted by Crippen LogP contribution is -1.58. The maximum atomic E-state index is 3.78. The van der Waals surface area contributed by atoms with Gasteiger partial charge in [0.2, 0.25) is 0 Å². The zero-order chi connectivity index (χ0) is 4.24. The molecule has 0 saturated carbocycles. The van der Waals surface area contributed by atoms with Crippen LogP contribution in [-0.2, 0) is 0 Å². The van der Waals surface area contributed by atoms with Gasteiger partial charge in [-0.05, 0) is 12.1 Å². The number of aromatic nitrogens is 1. The Morgan fingerprint density at radius 1 is 0.857 bits per heavy atom. The van der Waals surface area contributed by atoms with Crippen molar-refractivity contribution in [2.24, 2.45) is 0 Å². The van der Waals surface area contributed by atoms with Crippen LogP contribution in [0.1, 0.15) is 0 Å². The fourth-order valence-corrected chi connectivity index (χ4v) is 0.313. The maximum Gasteiger partial charge on any atom is 0.0267 e. The molecule has 1 heteroatoms. The van der Waals surface area contributed by atoms with E-state index in [1.54, 1.807) is 12.4 Å². The number of pyridine rings is 1. The van der Waals surface area contributed by atoms with E-state index in [1.807, 2.05) is 18.2 Å². The third kappa shape index (κ3) is 1.93. The zero-order valence-corrected chi connectivity index (χ0v) is 3.83. The standard InChI is InChI=1S/C5H5N.C/c1-2-4-6-5-3-1;/h1-5H;. The van der Waals surface area contributed by atoms with Gasteiger partial charge in [-0.15, -0.1) is 0 Å². The Morgan fingerprint density at radius 2 is 1.43 bits per heavy atom. The largest absolute Gasteiger partial charge is 0.265 e. The van der Waals surface area contributed by atoms with Crippen LogP contribution in [0.3, 0.4) is 0 Å². The normalized spacial score (nSPS) is 6.86. The molecule has 0 N–H and O–H groups in total. The Bertz CT molecular complexity index is 76.1. The fraction of sp³-hybridized carbons (Fsp3) is 0. The number of rotatable bonds is 0. The van der Waals surface area contributed by atoms with Crippen LogP contribution in [0.25, 0.3) is 0 Å². The molecule has 0 atom stereocenters. The highest BCUT2D eigenvalue weighted by molar-refractivity contribution is 4.88. The average Bonchev–Trinajstić information content (AvgIpc) is 1.72. The summed E-state index contributed by atoms with van der Waals surface area (Å²) in [5.41, 5.74) is 0. The number of nitrogens with zero attached hydrogens (tertiary/aromatic N) is 1. The predicted molar refractivity (Wildman–Crippen MR) is 27.5 cm³/mol. The highest BCUT2D eigenvalue weighted by Crippen LogP contribution is 1.73. The van der Waals surface area contributed by atoms with Crippen molar-refractivity contribution in [3.05, 3.63) is 38.0 Å². The van der Waals surface area contributed by atoms with Crippen molar-refractivity contribution in [1.29, 1.82) is 0 Å². The monoisotopic (exact) mass is 91.0 g/mol. The molecule has 0 spiro atoms. The van der Waals surface area contributed by atoms with E-state index in [1.165, 1.54) is 0 Å². The van der Waals surface area contributed by atoms with E-state index in [0.717, 1.165) is 0 Å². The first-order valence-electron chi connectivity index (χ1n) is 1.85. The number of hydrogen-bond acceptors (Lipinski definition) is 1. The first-order chi connectivity index (χ1) is 3.00. The molecular weight excluding hydrogens is 86.1 g/mol. The Hall–Kier alpha value is -0.850. The molecule has 34 valence electrons. The van der Waals surface area contributed by atoms with Gasteiger partial charge in [0.25, 0.3) is 0 Å². The van der Waals surface area contributed by atoms with E-state index in [9.17, 15) is 0 Å². The second kappa shape index (κ2) is 3.34. The summed E-state index contributed by atoms with van der Waals surface area (Å²) in [5, 5.41) is 0. The first-order valence-corrected chi connectivity index (χ1v) is 1.85. The second-order valence-electron chi connectivity index (χ2n) is 1.02. The minimum absolute atomic E-state index is 0. The van der Waals surface area contributed by atoms with Crippen LogP contribution in [-0.4, -0.2) is 4.98 Å². The molecule has 1 heterocycles. The van der Waals surface area contributed by atoms with Gasteiger partial charge in [0.05, 0.1) is 0 Å². The van der Waals surface area contributed by atoms with Gasteiger partial charge < -0.3 is 0 Å². The summed E-state index contributed by atoms with van der Waals surface area (Å²) >= 11 is 0. The Labute approximate surface area is 44.0 Å². The molecule has 0 aliphatic heterocycles. The molecule has 0 bridgehead atoms. The van der Waals surface area contributed by atoms with Gasteiger partial charge in [-0.1, -0.05) is 6.07 Å². The lowest BCUT2D eigenvalue weighted by atomic mass is 10.5. The number of hydrogen-bond donors (Lipinski definition) is 0. The third-order valence-electron chi connectivity index (χ3n) is 0.566. The van der Waals surface area contributed by atoms with Crippen molar-refractivity contribution in [2.75, 3.05) is 0 Å². The van der Waals surface area contributed by atoms with Crippen molar-refractivity contribution in [1.82, 2.24) is 4.98 Å². The van der Waals surface area contributed by atoms with Crippen molar-refractivity contribution in [2.45, 2.75) is 0 Å². The predicted octanol–water partition coefficient (Wildman–Crippen LogP) is 1.16. The average molecular weight is 91.1 g/mol. The van der Waals surface area contributed by atoms with E-state index in [4.69, 9.17) is 0 Å². The second-order valence-corrected chi connectivity index (χ2v) is 1.02. The van der Waals surface area contributed by atoms with E-state index in [-0.39, 0.29) is 7.43 Å². The fourth-order valence-electron chi connectivity index (χ4n) is 0.313. The molecule has 0 aromatic carbocycles. The lowest BCUT2D eigenvalue weighted by molar-refractivity contribution is 1.33. The molecule has 0 saturated heterocycles. The minimum atomic E-state index is 0. The van der Waals surface area contributed by atoms with Crippen molar-refractivity contribution < 1.29 is 0 Å². The van der Waals surface area contributed by atoms with Crippen LogP contribution in [0.2, 0.25) is 0 Å². The van der Waals surface area contributed by atoms with Crippen molar-refractivity contribution in [3.8, 4) is 0 Å². The van der Waals surface area contributed by atoms with Gasteiger partial charge >= 0.3 is 0 Å². The summed E-state index contributed by atoms with van der Waals surface area (Å²) in [4.78, 5) is 3.78. The molecule has 0 fully saturated rings. The van der Waals surface area contributed by atoms with Gasteiger partial charge in [-0.2, -0.15) is 0 Å². The molecule has 0 aliphatic rings. The molecule has 7 heavy (non-hydrogen) atoms. The Kier molecular flexibility index (Phi) is 2.94. The van der Waals surface area contributed by atoms with Gasteiger partial charge in [-0.25, -0.2) is 0 Å². The van der Waals surface area contributed by atoms with Gasteiger partial charge in [-0.3, -0.25) is 4.98 Å². The zero-order valence-electron chi connectivity index (χ0n) is 3.83. The smallest absolute Gasteiger partial charge is 0.0267 e. The molecular formula is C6H5N.